The van der Waals surface area contributed by atoms with Crippen LogP contribution in [0.5, 0.6) is 6.01 Å². The molecule has 11 nitrogen and oxygen atoms in total. The molecule has 1 aliphatic rings. The summed E-state index contributed by atoms with van der Waals surface area (Å²) in [6.07, 6.45) is 4.19. The molecule has 1 aromatic heterocycles. The first-order chi connectivity index (χ1) is 19.9. The van der Waals surface area contributed by atoms with E-state index in [2.05, 4.69) is 39.1 Å². The van der Waals surface area contributed by atoms with Gasteiger partial charge in [-0.05, 0) is 61.5 Å². The van der Waals surface area contributed by atoms with E-state index in [1.807, 2.05) is 31.2 Å². The highest BCUT2D eigenvalue weighted by Gasteiger charge is 2.29. The number of unbranched alkanes of at least 4 members (excludes halogenated alkanes) is 1. The molecule has 2 aromatic carbocycles. The third-order valence-electron chi connectivity index (χ3n) is 6.93. The number of hydrogen-bond acceptors (Lipinski definition) is 10. The standard InChI is InChI=1S/C30H38N6O5.ClH/c1-3-5-18-41-30-32-28(31)27(36(38)39)29(33-30)35(21-26(37)40-4-2)20-23-10-14-25(15-11-23)24-12-8-22(9-13-24)19-34-16-6-7-17-34;/h8-15H,3-7,16-21H2,1-2H3,(H2,31,32,33);1H. The second-order valence-electron chi connectivity index (χ2n) is 10.1. The summed E-state index contributed by atoms with van der Waals surface area (Å²) in [5.74, 6) is -0.971. The fourth-order valence-corrected chi connectivity index (χ4v) is 4.80. The Bertz CT molecular complexity index is 1320. The number of nitrogen functional groups attached to an aromatic ring is 1. The molecule has 4 rings (SSSR count). The van der Waals surface area contributed by atoms with Gasteiger partial charge in [-0.2, -0.15) is 9.97 Å². The van der Waals surface area contributed by atoms with E-state index in [1.165, 1.54) is 23.3 Å². The maximum Gasteiger partial charge on any atom is 0.353 e. The molecule has 0 atom stereocenters. The van der Waals surface area contributed by atoms with Crippen molar-refractivity contribution in [3.05, 3.63) is 69.8 Å². The SMILES string of the molecule is CCCCOc1nc(N)c([N+](=O)[O-])c(N(CC(=O)OCC)Cc2ccc(-c3ccc(CN4CCCC4)cc3)cc2)n1.Cl. The summed E-state index contributed by atoms with van der Waals surface area (Å²) in [4.78, 5) is 36.1. The molecule has 226 valence electrons. The van der Waals surface area contributed by atoms with Crippen molar-refractivity contribution in [1.82, 2.24) is 14.9 Å². The van der Waals surface area contributed by atoms with Crippen molar-refractivity contribution >= 4 is 35.7 Å². The van der Waals surface area contributed by atoms with Crippen LogP contribution in [0.15, 0.2) is 48.5 Å². The summed E-state index contributed by atoms with van der Waals surface area (Å²) in [6, 6.07) is 16.4. The Morgan fingerprint density at radius 3 is 2.21 bits per heavy atom. The molecule has 12 heteroatoms. The zero-order chi connectivity index (χ0) is 29.2. The Labute approximate surface area is 252 Å². The number of anilines is 2. The maximum atomic E-state index is 12.5. The molecule has 0 amide bonds. The van der Waals surface area contributed by atoms with Crippen LogP contribution >= 0.6 is 12.4 Å². The van der Waals surface area contributed by atoms with E-state index in [4.69, 9.17) is 15.2 Å². The van der Waals surface area contributed by atoms with Crippen molar-refractivity contribution in [1.29, 1.82) is 0 Å². The van der Waals surface area contributed by atoms with E-state index in [0.717, 1.165) is 49.2 Å². The van der Waals surface area contributed by atoms with E-state index in [1.54, 1.807) is 6.92 Å². The predicted molar refractivity (Wildman–Crippen MR) is 165 cm³/mol. The lowest BCUT2D eigenvalue weighted by molar-refractivity contribution is -0.383. The zero-order valence-electron chi connectivity index (χ0n) is 24.2. The summed E-state index contributed by atoms with van der Waals surface area (Å²) in [7, 11) is 0. The average molecular weight is 599 g/mol. The quantitative estimate of drug-likeness (QED) is 0.111. The highest BCUT2D eigenvalue weighted by Crippen LogP contribution is 2.34. The van der Waals surface area contributed by atoms with Crippen LogP contribution in [-0.4, -0.2) is 58.6 Å². The molecule has 1 aliphatic heterocycles. The van der Waals surface area contributed by atoms with Crippen LogP contribution in [0.3, 0.4) is 0 Å². The van der Waals surface area contributed by atoms with Gasteiger partial charge in [-0.1, -0.05) is 61.9 Å². The molecule has 2 heterocycles. The lowest BCUT2D eigenvalue weighted by Gasteiger charge is -2.23. The number of carbonyl (C=O) groups is 1. The fraction of sp³-hybridized carbons (Fsp3) is 0.433. The highest BCUT2D eigenvalue weighted by molar-refractivity contribution is 5.85. The molecule has 1 saturated heterocycles. The van der Waals surface area contributed by atoms with Crippen LogP contribution in [0.1, 0.15) is 50.7 Å². The van der Waals surface area contributed by atoms with Crippen LogP contribution < -0.4 is 15.4 Å². The van der Waals surface area contributed by atoms with E-state index < -0.39 is 16.6 Å². The van der Waals surface area contributed by atoms with Gasteiger partial charge in [-0.15, -0.1) is 12.4 Å². The van der Waals surface area contributed by atoms with Crippen molar-refractivity contribution in [3.8, 4) is 17.1 Å². The first kappa shape index (κ1) is 32.6. The molecular weight excluding hydrogens is 560 g/mol. The number of nitrogens with zero attached hydrogens (tertiary/aromatic N) is 5. The second kappa shape index (κ2) is 15.9. The number of rotatable bonds is 14. The van der Waals surface area contributed by atoms with Gasteiger partial charge >= 0.3 is 17.7 Å². The van der Waals surface area contributed by atoms with Crippen molar-refractivity contribution in [2.75, 3.05) is 43.5 Å². The van der Waals surface area contributed by atoms with Crippen LogP contribution in [0.25, 0.3) is 11.1 Å². The number of nitro groups is 1. The summed E-state index contributed by atoms with van der Waals surface area (Å²) >= 11 is 0. The summed E-state index contributed by atoms with van der Waals surface area (Å²) in [5.41, 5.74) is 9.75. The topological polar surface area (TPSA) is 137 Å². The number of benzene rings is 2. The normalized spacial score (nSPS) is 12.9. The predicted octanol–water partition coefficient (Wildman–Crippen LogP) is 5.40. The molecule has 2 N–H and O–H groups in total. The van der Waals surface area contributed by atoms with Gasteiger partial charge in [0.05, 0.1) is 18.1 Å². The van der Waals surface area contributed by atoms with Gasteiger partial charge < -0.3 is 20.1 Å². The van der Waals surface area contributed by atoms with Gasteiger partial charge in [0.15, 0.2) is 0 Å². The second-order valence-corrected chi connectivity index (χ2v) is 10.1. The minimum atomic E-state index is -0.644. The number of aromatic nitrogens is 2. The molecule has 3 aromatic rings. The zero-order valence-corrected chi connectivity index (χ0v) is 25.0. The lowest BCUT2D eigenvalue weighted by atomic mass is 10.0. The minimum absolute atomic E-state index is 0. The molecule has 0 aliphatic carbocycles. The Morgan fingerprint density at radius 2 is 1.64 bits per heavy atom. The number of halogens is 1. The van der Waals surface area contributed by atoms with E-state index in [0.29, 0.717) is 6.61 Å². The molecule has 0 saturated carbocycles. The highest BCUT2D eigenvalue weighted by atomic mass is 35.5. The molecule has 42 heavy (non-hydrogen) atoms. The first-order valence-electron chi connectivity index (χ1n) is 14.1. The van der Waals surface area contributed by atoms with Crippen LogP contribution in [0, 0.1) is 10.1 Å². The summed E-state index contributed by atoms with van der Waals surface area (Å²) in [6.45, 7) is 7.41. The Morgan fingerprint density at radius 1 is 1.02 bits per heavy atom. The van der Waals surface area contributed by atoms with Gasteiger partial charge in [0.1, 0.15) is 6.54 Å². The minimum Gasteiger partial charge on any atom is -0.465 e. The number of carbonyl (C=O) groups excluding carboxylic acids is 1. The van der Waals surface area contributed by atoms with Crippen LogP contribution in [0.2, 0.25) is 0 Å². The first-order valence-corrected chi connectivity index (χ1v) is 14.1. The molecule has 0 bridgehead atoms. The smallest absolute Gasteiger partial charge is 0.353 e. The van der Waals surface area contributed by atoms with E-state index in [9.17, 15) is 14.9 Å². The maximum absolute atomic E-state index is 12.5. The van der Waals surface area contributed by atoms with Gasteiger partial charge in [0, 0.05) is 13.1 Å². The summed E-state index contributed by atoms with van der Waals surface area (Å²) in [5, 5.41) is 12.0. The molecule has 1 fully saturated rings. The number of likely N-dealkylation sites (tertiary alicyclic amines) is 1. The van der Waals surface area contributed by atoms with Crippen LogP contribution in [0.4, 0.5) is 17.3 Å². The fourth-order valence-electron chi connectivity index (χ4n) is 4.80. The third kappa shape index (κ3) is 8.77. The van der Waals surface area contributed by atoms with Crippen molar-refractivity contribution in [2.24, 2.45) is 0 Å². The van der Waals surface area contributed by atoms with Crippen molar-refractivity contribution in [2.45, 2.75) is 52.6 Å². The monoisotopic (exact) mass is 598 g/mol. The largest absolute Gasteiger partial charge is 0.465 e. The summed E-state index contributed by atoms with van der Waals surface area (Å²) < 4.78 is 10.7. The van der Waals surface area contributed by atoms with Gasteiger partial charge in [-0.3, -0.25) is 19.8 Å². The van der Waals surface area contributed by atoms with Crippen molar-refractivity contribution < 1.29 is 19.2 Å². The van der Waals surface area contributed by atoms with Gasteiger partial charge in [0.2, 0.25) is 11.6 Å². The third-order valence-corrected chi connectivity index (χ3v) is 6.93. The Hall–Kier alpha value is -3.96. The van der Waals surface area contributed by atoms with Crippen LogP contribution in [-0.2, 0) is 22.6 Å². The van der Waals surface area contributed by atoms with Gasteiger partial charge in [0.25, 0.3) is 0 Å². The van der Waals surface area contributed by atoms with E-state index >= 15 is 0 Å². The molecule has 0 radical (unpaired) electrons. The number of esters is 1. The number of ether oxygens (including phenoxy) is 2. The number of nitrogens with two attached hydrogens (primary N) is 1. The van der Waals surface area contributed by atoms with Gasteiger partial charge in [-0.25, -0.2) is 0 Å². The molecule has 0 unspecified atom stereocenters. The Balaban J connectivity index is 0.00000484. The van der Waals surface area contributed by atoms with E-state index in [-0.39, 0.29) is 49.7 Å². The Kier molecular flexibility index (Phi) is 12.3. The molecular formula is C30H39ClN6O5. The lowest BCUT2D eigenvalue weighted by Crippen LogP contribution is -2.32. The average Bonchev–Trinajstić information content (AvgIpc) is 3.46. The number of hydrogen-bond donors (Lipinski definition) is 1. The van der Waals surface area contributed by atoms with Crippen molar-refractivity contribution in [3.63, 3.8) is 0 Å². The molecule has 0 spiro atoms.